The molecule has 1 spiro atoms. The Labute approximate surface area is 201 Å². The summed E-state index contributed by atoms with van der Waals surface area (Å²) in [6.07, 6.45) is 2.87. The molecule has 2 fully saturated rings. The van der Waals surface area contributed by atoms with Crippen molar-refractivity contribution in [3.8, 4) is 11.4 Å². The molecule has 9 nitrogen and oxygen atoms in total. The molecule has 0 bridgehead atoms. The Hall–Kier alpha value is -4.14. The van der Waals surface area contributed by atoms with Crippen LogP contribution in [0, 0.1) is 0 Å². The number of rotatable bonds is 6. The van der Waals surface area contributed by atoms with Crippen LogP contribution in [0.2, 0.25) is 0 Å². The molecule has 35 heavy (non-hydrogen) atoms. The normalized spacial score (nSPS) is 18.8. The summed E-state index contributed by atoms with van der Waals surface area (Å²) in [6, 6.07) is 14.3. The zero-order chi connectivity index (χ0) is 24.5. The van der Waals surface area contributed by atoms with Crippen molar-refractivity contribution in [2.45, 2.75) is 36.5 Å². The molecule has 2 aliphatic carbocycles. The van der Waals surface area contributed by atoms with E-state index in [2.05, 4.69) is 5.10 Å². The lowest BCUT2D eigenvalue weighted by Gasteiger charge is -2.33. The number of aliphatic carboxylic acids is 1. The Balaban J connectivity index is 1.45. The van der Waals surface area contributed by atoms with E-state index in [1.165, 1.54) is 4.68 Å². The maximum absolute atomic E-state index is 13.9. The minimum atomic E-state index is -0.816. The van der Waals surface area contributed by atoms with Gasteiger partial charge < -0.3 is 20.5 Å². The van der Waals surface area contributed by atoms with Gasteiger partial charge in [-0.2, -0.15) is 5.10 Å². The third-order valence-corrected chi connectivity index (χ3v) is 7.62. The summed E-state index contributed by atoms with van der Waals surface area (Å²) in [5, 5.41) is 14.1. The fourth-order valence-electron chi connectivity index (χ4n) is 5.26. The Kier molecular flexibility index (Phi) is 4.39. The summed E-state index contributed by atoms with van der Waals surface area (Å²) >= 11 is 0. The lowest BCUT2D eigenvalue weighted by molar-refractivity contribution is -0.140. The van der Waals surface area contributed by atoms with Gasteiger partial charge in [0.25, 0.3) is 11.8 Å². The first-order chi connectivity index (χ1) is 16.8. The number of nitrogens with two attached hydrogens (primary N) is 1. The van der Waals surface area contributed by atoms with Crippen molar-refractivity contribution in [2.24, 2.45) is 5.73 Å². The number of benzene rings is 2. The van der Waals surface area contributed by atoms with Gasteiger partial charge in [0.05, 0.1) is 18.2 Å². The third-order valence-electron chi connectivity index (χ3n) is 7.62. The first-order valence-corrected chi connectivity index (χ1v) is 11.5. The topological polar surface area (TPSA) is 128 Å². The van der Waals surface area contributed by atoms with E-state index in [0.717, 1.165) is 18.4 Å². The van der Waals surface area contributed by atoms with Crippen molar-refractivity contribution in [1.29, 1.82) is 0 Å². The minimum Gasteiger partial charge on any atom is -0.497 e. The molecule has 0 radical (unpaired) electrons. The molecular formula is C26H24N4O5. The highest BCUT2D eigenvalue weighted by Gasteiger charge is 2.56. The second-order valence-electron chi connectivity index (χ2n) is 9.65. The van der Waals surface area contributed by atoms with E-state index in [4.69, 9.17) is 10.5 Å². The fourth-order valence-corrected chi connectivity index (χ4v) is 5.26. The summed E-state index contributed by atoms with van der Waals surface area (Å²) in [7, 11) is 1.57. The number of ether oxygens (including phenoxy) is 1. The van der Waals surface area contributed by atoms with Crippen LogP contribution in [-0.4, -0.2) is 46.3 Å². The highest BCUT2D eigenvalue weighted by Crippen LogP contribution is 2.55. The fraction of sp³-hybridized carbons (Fsp3) is 0.308. The summed E-state index contributed by atoms with van der Waals surface area (Å²) in [5.41, 5.74) is 7.65. The number of hydrogen-bond acceptors (Lipinski definition) is 5. The molecule has 2 aromatic carbocycles. The number of carbonyl (C=O) groups excluding carboxylic acids is 2. The van der Waals surface area contributed by atoms with Gasteiger partial charge in [-0.05, 0) is 67.6 Å². The van der Waals surface area contributed by atoms with E-state index in [1.807, 2.05) is 0 Å². The Morgan fingerprint density at radius 2 is 1.63 bits per heavy atom. The van der Waals surface area contributed by atoms with Gasteiger partial charge in [-0.15, -0.1) is 0 Å². The number of carboxylic acid groups (broad SMARTS) is 1. The van der Waals surface area contributed by atoms with E-state index in [1.54, 1.807) is 60.5 Å². The van der Waals surface area contributed by atoms with Crippen LogP contribution in [0.4, 0.5) is 5.69 Å². The molecule has 3 N–H and O–H groups in total. The maximum Gasteiger partial charge on any atom is 0.314 e. The number of amides is 2. The molecule has 2 saturated carbocycles. The highest BCUT2D eigenvalue weighted by atomic mass is 16.5. The molecule has 2 heterocycles. The van der Waals surface area contributed by atoms with Crippen LogP contribution in [0.5, 0.6) is 5.75 Å². The number of fused-ring (bicyclic) bond motifs is 2. The summed E-state index contributed by atoms with van der Waals surface area (Å²) in [4.78, 5) is 39.6. The van der Waals surface area contributed by atoms with Gasteiger partial charge in [-0.25, -0.2) is 4.68 Å². The summed E-state index contributed by atoms with van der Waals surface area (Å²) in [5.74, 6) is -1.09. The number of hydrogen-bond donors (Lipinski definition) is 2. The van der Waals surface area contributed by atoms with Crippen LogP contribution >= 0.6 is 0 Å². The van der Waals surface area contributed by atoms with Gasteiger partial charge in [-0.3, -0.25) is 14.4 Å². The Morgan fingerprint density at radius 3 is 2.14 bits per heavy atom. The van der Waals surface area contributed by atoms with Crippen LogP contribution in [0.1, 0.15) is 57.8 Å². The molecule has 6 rings (SSSR count). The standard InChI is InChI=1S/C26H24N4O5/c1-35-18-8-6-17(7-9-18)30-21-19(20(28-30)22(27)31)25(10-11-25)14-29(23(21)32)16-4-2-15(3-5-16)26(12-13-26)24(33)34/h2-9H,10-14H2,1H3,(H2,27,31)(H,33,34). The highest BCUT2D eigenvalue weighted by molar-refractivity contribution is 6.10. The van der Waals surface area contributed by atoms with E-state index in [9.17, 15) is 19.5 Å². The zero-order valence-corrected chi connectivity index (χ0v) is 19.2. The number of anilines is 1. The average molecular weight is 473 g/mol. The SMILES string of the molecule is COc1ccc(-n2nc(C(N)=O)c3c2C(=O)N(c2ccc(C4(C(=O)O)CC4)cc2)CC32CC2)cc1. The quantitative estimate of drug-likeness (QED) is 0.568. The molecule has 0 unspecified atom stereocenters. The molecule has 178 valence electrons. The summed E-state index contributed by atoms with van der Waals surface area (Å²) in [6.45, 7) is 0.414. The minimum absolute atomic E-state index is 0.133. The van der Waals surface area contributed by atoms with Gasteiger partial charge in [0.1, 0.15) is 11.4 Å². The van der Waals surface area contributed by atoms with Crippen molar-refractivity contribution in [3.63, 3.8) is 0 Å². The van der Waals surface area contributed by atoms with Gasteiger partial charge in [0.2, 0.25) is 0 Å². The molecule has 9 heteroatoms. The molecule has 3 aliphatic rings. The number of carboxylic acids is 1. The van der Waals surface area contributed by atoms with E-state index >= 15 is 0 Å². The Bertz CT molecular complexity index is 1380. The number of methoxy groups -OCH3 is 1. The maximum atomic E-state index is 13.9. The molecule has 2 amide bonds. The second kappa shape index (κ2) is 7.18. The lowest BCUT2D eigenvalue weighted by Crippen LogP contribution is -2.44. The van der Waals surface area contributed by atoms with E-state index in [0.29, 0.717) is 47.8 Å². The van der Waals surface area contributed by atoms with Crippen molar-refractivity contribution < 1.29 is 24.2 Å². The first kappa shape index (κ1) is 21.4. The molecular weight excluding hydrogens is 448 g/mol. The monoisotopic (exact) mass is 472 g/mol. The molecule has 3 aromatic rings. The molecule has 0 atom stereocenters. The number of carbonyl (C=O) groups is 3. The smallest absolute Gasteiger partial charge is 0.314 e. The number of nitrogens with zero attached hydrogens (tertiary/aromatic N) is 3. The van der Waals surface area contributed by atoms with Crippen LogP contribution in [-0.2, 0) is 15.6 Å². The van der Waals surface area contributed by atoms with Crippen molar-refractivity contribution in [2.75, 3.05) is 18.6 Å². The predicted molar refractivity (Wildman–Crippen MR) is 126 cm³/mol. The van der Waals surface area contributed by atoms with E-state index in [-0.39, 0.29) is 17.0 Å². The van der Waals surface area contributed by atoms with Crippen LogP contribution in [0.25, 0.3) is 5.69 Å². The first-order valence-electron chi connectivity index (χ1n) is 11.5. The van der Waals surface area contributed by atoms with Crippen LogP contribution in [0.15, 0.2) is 48.5 Å². The van der Waals surface area contributed by atoms with Gasteiger partial charge >= 0.3 is 5.97 Å². The second-order valence-corrected chi connectivity index (χ2v) is 9.65. The van der Waals surface area contributed by atoms with Crippen molar-refractivity contribution in [1.82, 2.24) is 9.78 Å². The van der Waals surface area contributed by atoms with Crippen LogP contribution in [0.3, 0.4) is 0 Å². The molecule has 0 saturated heterocycles. The van der Waals surface area contributed by atoms with Gasteiger partial charge in [0, 0.05) is 23.2 Å². The predicted octanol–water partition coefficient (Wildman–Crippen LogP) is 2.79. The largest absolute Gasteiger partial charge is 0.497 e. The zero-order valence-electron chi connectivity index (χ0n) is 19.2. The van der Waals surface area contributed by atoms with Crippen molar-refractivity contribution in [3.05, 3.63) is 71.0 Å². The van der Waals surface area contributed by atoms with Gasteiger partial charge in [-0.1, -0.05) is 12.1 Å². The van der Waals surface area contributed by atoms with Gasteiger partial charge in [0.15, 0.2) is 5.69 Å². The number of aromatic nitrogens is 2. The summed E-state index contributed by atoms with van der Waals surface area (Å²) < 4.78 is 6.74. The Morgan fingerprint density at radius 1 is 1.00 bits per heavy atom. The van der Waals surface area contributed by atoms with Crippen molar-refractivity contribution >= 4 is 23.5 Å². The molecule has 1 aromatic heterocycles. The number of primary amides is 1. The van der Waals surface area contributed by atoms with E-state index < -0.39 is 17.3 Å². The average Bonchev–Trinajstić information content (AvgIpc) is 3.79. The lowest BCUT2D eigenvalue weighted by atomic mass is 9.87. The molecule has 1 aliphatic heterocycles. The third kappa shape index (κ3) is 3.07. The van der Waals surface area contributed by atoms with Crippen LogP contribution < -0.4 is 15.4 Å².